The molecule has 0 aliphatic carbocycles. The van der Waals surface area contributed by atoms with Crippen molar-refractivity contribution in [2.75, 3.05) is 5.88 Å². The molecule has 0 spiro atoms. The van der Waals surface area contributed by atoms with Gasteiger partial charge in [0, 0.05) is 22.3 Å². The van der Waals surface area contributed by atoms with Crippen molar-refractivity contribution >= 4 is 33.3 Å². The van der Waals surface area contributed by atoms with Gasteiger partial charge in [0.1, 0.15) is 0 Å². The second-order valence-electron chi connectivity index (χ2n) is 3.05. The fraction of sp³-hybridized carbons (Fsp3) is 0.300. The summed E-state index contributed by atoms with van der Waals surface area (Å²) in [7, 11) is 0. The summed E-state index contributed by atoms with van der Waals surface area (Å²) in [6, 6.07) is 3.39. The normalized spacial score (nSPS) is 11.6. The lowest BCUT2D eigenvalue weighted by Gasteiger charge is -2.10. The molecule has 0 saturated carbocycles. The Labute approximate surface area is 104 Å². The fourth-order valence-electron chi connectivity index (χ4n) is 1.15. The van der Waals surface area contributed by atoms with Gasteiger partial charge in [-0.15, -0.1) is 11.6 Å². The number of ketones is 1. The van der Waals surface area contributed by atoms with Gasteiger partial charge in [0.25, 0.3) is 0 Å². The van der Waals surface area contributed by atoms with Gasteiger partial charge < -0.3 is 0 Å². The van der Waals surface area contributed by atoms with Gasteiger partial charge in [0.2, 0.25) is 0 Å². The minimum Gasteiger partial charge on any atom is -0.294 e. The zero-order chi connectivity index (χ0) is 12.3. The molecule has 6 heteroatoms. The van der Waals surface area contributed by atoms with E-state index >= 15 is 0 Å². The number of alkyl halides is 4. The van der Waals surface area contributed by atoms with Crippen LogP contribution in [0.4, 0.5) is 13.2 Å². The quantitative estimate of drug-likeness (QED) is 0.601. The highest BCUT2D eigenvalue weighted by Crippen LogP contribution is 2.35. The van der Waals surface area contributed by atoms with Crippen LogP contribution < -0.4 is 0 Å². The van der Waals surface area contributed by atoms with Crippen molar-refractivity contribution in [3.63, 3.8) is 0 Å². The first kappa shape index (κ1) is 13.5. The summed E-state index contributed by atoms with van der Waals surface area (Å²) in [6.07, 6.45) is -4.45. The van der Waals surface area contributed by atoms with E-state index in [2.05, 4.69) is 15.9 Å². The van der Waals surface area contributed by atoms with Gasteiger partial charge in [-0.05, 0) is 12.1 Å². The zero-order valence-corrected chi connectivity index (χ0v) is 10.3. The van der Waals surface area contributed by atoms with Crippen molar-refractivity contribution in [3.8, 4) is 0 Å². The Balaban J connectivity index is 3.13. The van der Waals surface area contributed by atoms with E-state index in [1.54, 1.807) is 0 Å². The molecule has 88 valence electrons. The summed E-state index contributed by atoms with van der Waals surface area (Å²) in [5, 5.41) is 0. The fourth-order valence-corrected chi connectivity index (χ4v) is 1.79. The maximum atomic E-state index is 12.5. The van der Waals surface area contributed by atoms with Crippen LogP contribution in [-0.2, 0) is 6.18 Å². The second kappa shape index (κ2) is 5.19. The third-order valence-electron chi connectivity index (χ3n) is 1.92. The molecule has 0 aliphatic rings. The largest absolute Gasteiger partial charge is 0.417 e. The van der Waals surface area contributed by atoms with Crippen LogP contribution in [0.3, 0.4) is 0 Å². The maximum Gasteiger partial charge on any atom is 0.417 e. The van der Waals surface area contributed by atoms with E-state index in [9.17, 15) is 18.0 Å². The molecule has 1 aromatic carbocycles. The molecular weight excluding hydrogens is 308 g/mol. The third kappa shape index (κ3) is 3.22. The molecule has 0 atom stereocenters. The van der Waals surface area contributed by atoms with Gasteiger partial charge in [-0.1, -0.05) is 22.0 Å². The van der Waals surface area contributed by atoms with Crippen LogP contribution in [0.15, 0.2) is 22.7 Å². The zero-order valence-electron chi connectivity index (χ0n) is 7.94. The van der Waals surface area contributed by atoms with Gasteiger partial charge in [-0.25, -0.2) is 0 Å². The Morgan fingerprint density at radius 3 is 2.50 bits per heavy atom. The van der Waals surface area contributed by atoms with E-state index in [0.29, 0.717) is 0 Å². The number of Topliss-reactive ketones (excluding diaryl/α,β-unsaturated/α-hetero) is 1. The molecule has 0 unspecified atom stereocenters. The molecule has 1 rings (SSSR count). The lowest BCUT2D eigenvalue weighted by molar-refractivity contribution is -0.138. The second-order valence-corrected chi connectivity index (χ2v) is 4.29. The first-order valence-electron chi connectivity index (χ1n) is 4.32. The molecular formula is C10H7BrClF3O. The number of rotatable bonds is 3. The molecule has 1 aromatic rings. The van der Waals surface area contributed by atoms with Crippen LogP contribution in [0.5, 0.6) is 0 Å². The Morgan fingerprint density at radius 1 is 1.38 bits per heavy atom. The molecule has 0 fully saturated rings. The minimum absolute atomic E-state index is 0.0242. The predicted octanol–water partition coefficient (Wildman–Crippen LogP) is 4.28. The Hall–Kier alpha value is -0.550. The molecule has 0 amide bonds. The van der Waals surface area contributed by atoms with Crippen molar-refractivity contribution < 1.29 is 18.0 Å². The summed E-state index contributed by atoms with van der Waals surface area (Å²) < 4.78 is 37.5. The highest BCUT2D eigenvalue weighted by Gasteiger charge is 2.33. The molecule has 0 heterocycles. The van der Waals surface area contributed by atoms with E-state index in [0.717, 1.165) is 6.07 Å². The molecule has 0 saturated heterocycles. The Kier molecular flexibility index (Phi) is 4.38. The summed E-state index contributed by atoms with van der Waals surface area (Å²) in [6.45, 7) is 0. The van der Waals surface area contributed by atoms with Crippen molar-refractivity contribution in [2.24, 2.45) is 0 Å². The van der Waals surface area contributed by atoms with E-state index in [1.807, 2.05) is 0 Å². The smallest absolute Gasteiger partial charge is 0.294 e. The Bertz CT molecular complexity index is 404. The van der Waals surface area contributed by atoms with E-state index in [-0.39, 0.29) is 22.3 Å². The summed E-state index contributed by atoms with van der Waals surface area (Å²) in [5.74, 6) is -0.302. The number of halogens is 5. The molecule has 16 heavy (non-hydrogen) atoms. The Morgan fingerprint density at radius 2 is 2.00 bits per heavy atom. The molecule has 0 aromatic heterocycles. The first-order valence-corrected chi connectivity index (χ1v) is 5.65. The van der Waals surface area contributed by atoms with E-state index < -0.39 is 17.5 Å². The highest BCUT2D eigenvalue weighted by atomic mass is 79.9. The van der Waals surface area contributed by atoms with Crippen molar-refractivity contribution in [1.82, 2.24) is 0 Å². The standard InChI is InChI=1S/C10H7BrClF3O/c11-8-2-1-6(9(16)3-4-12)5-7(8)10(13,14)15/h1-2,5H,3-4H2. The van der Waals surface area contributed by atoms with E-state index in [1.165, 1.54) is 12.1 Å². The van der Waals surface area contributed by atoms with E-state index in [4.69, 9.17) is 11.6 Å². The van der Waals surface area contributed by atoms with Gasteiger partial charge >= 0.3 is 6.18 Å². The lowest BCUT2D eigenvalue weighted by Crippen LogP contribution is -2.09. The molecule has 1 nitrogen and oxygen atoms in total. The first-order chi connectivity index (χ1) is 7.36. The van der Waals surface area contributed by atoms with Crippen molar-refractivity contribution in [3.05, 3.63) is 33.8 Å². The monoisotopic (exact) mass is 314 g/mol. The molecule has 0 radical (unpaired) electrons. The van der Waals surface area contributed by atoms with Crippen molar-refractivity contribution in [1.29, 1.82) is 0 Å². The van der Waals surface area contributed by atoms with Crippen molar-refractivity contribution in [2.45, 2.75) is 12.6 Å². The number of hydrogen-bond donors (Lipinski definition) is 0. The van der Waals surface area contributed by atoms with Crippen LogP contribution in [0.1, 0.15) is 22.3 Å². The van der Waals surface area contributed by atoms with Crippen LogP contribution >= 0.6 is 27.5 Å². The van der Waals surface area contributed by atoms with Gasteiger partial charge in [0.15, 0.2) is 5.78 Å². The van der Waals surface area contributed by atoms with Crippen LogP contribution in [0.2, 0.25) is 0 Å². The number of carbonyl (C=O) groups is 1. The summed E-state index contributed by atoms with van der Waals surface area (Å²) in [4.78, 5) is 11.4. The van der Waals surface area contributed by atoms with Gasteiger partial charge in [-0.2, -0.15) is 13.2 Å². The number of benzene rings is 1. The average molecular weight is 316 g/mol. The maximum absolute atomic E-state index is 12.5. The number of hydrogen-bond acceptors (Lipinski definition) is 1. The highest BCUT2D eigenvalue weighted by molar-refractivity contribution is 9.10. The van der Waals surface area contributed by atoms with Crippen LogP contribution in [-0.4, -0.2) is 11.7 Å². The lowest BCUT2D eigenvalue weighted by atomic mass is 10.1. The average Bonchev–Trinajstić information content (AvgIpc) is 2.16. The SMILES string of the molecule is O=C(CCCl)c1ccc(Br)c(C(F)(F)F)c1. The molecule has 0 bridgehead atoms. The predicted molar refractivity (Wildman–Crippen MR) is 58.8 cm³/mol. The molecule has 0 N–H and O–H groups in total. The third-order valence-corrected chi connectivity index (χ3v) is 2.80. The minimum atomic E-state index is -4.48. The summed E-state index contributed by atoms with van der Waals surface area (Å²) >= 11 is 8.15. The van der Waals surface area contributed by atoms with Gasteiger partial charge in [-0.3, -0.25) is 4.79 Å². The number of carbonyl (C=O) groups excluding carboxylic acids is 1. The van der Waals surface area contributed by atoms with Gasteiger partial charge in [0.05, 0.1) is 5.56 Å². The summed E-state index contributed by atoms with van der Waals surface area (Å²) in [5.41, 5.74) is -0.830. The van der Waals surface area contributed by atoms with Crippen LogP contribution in [0, 0.1) is 0 Å². The molecule has 0 aliphatic heterocycles. The topological polar surface area (TPSA) is 17.1 Å². The van der Waals surface area contributed by atoms with Crippen LogP contribution in [0.25, 0.3) is 0 Å².